The van der Waals surface area contributed by atoms with Gasteiger partial charge in [-0.15, -0.1) is 90.7 Å². The summed E-state index contributed by atoms with van der Waals surface area (Å²) in [5.74, 6) is 0. The first-order chi connectivity index (χ1) is 64.3. The number of rotatable bonds is 27. The van der Waals surface area contributed by atoms with Crippen LogP contribution in [0.2, 0.25) is 0 Å². The summed E-state index contributed by atoms with van der Waals surface area (Å²) in [5.41, 5.74) is 39.9. The highest BCUT2D eigenvalue weighted by molar-refractivity contribution is 7.32. The van der Waals surface area contributed by atoms with Gasteiger partial charge in [-0.2, -0.15) is 0 Å². The maximum Gasteiger partial charge on any atom is 0.0528 e. The third-order valence-corrected chi connectivity index (χ3v) is 50.0. The van der Waals surface area contributed by atoms with Crippen molar-refractivity contribution in [2.24, 2.45) is 0 Å². The monoisotopic (exact) mass is 1960 g/mol. The van der Waals surface area contributed by atoms with Crippen LogP contribution in [0.5, 0.6) is 0 Å². The van der Waals surface area contributed by atoms with Gasteiger partial charge in [-0.25, -0.2) is 0 Å². The minimum atomic E-state index is -0.0552. The largest absolute Gasteiger partial charge is 0.142 e. The molecule has 0 N–H and O–H groups in total. The van der Waals surface area contributed by atoms with Crippen molar-refractivity contribution < 1.29 is 0 Å². The van der Waals surface area contributed by atoms with Gasteiger partial charge in [-0.1, -0.05) is 246 Å². The van der Waals surface area contributed by atoms with E-state index >= 15 is 0 Å². The van der Waals surface area contributed by atoms with Crippen LogP contribution < -0.4 is 0 Å². The summed E-state index contributed by atoms with van der Waals surface area (Å²) in [6.45, 7) is 82.3. The lowest BCUT2D eigenvalue weighted by molar-refractivity contribution is 0.322. The third kappa shape index (κ3) is 13.7. The van der Waals surface area contributed by atoms with Crippen molar-refractivity contribution in [1.29, 1.82) is 0 Å². The molecule has 0 saturated heterocycles. The number of fused-ring (bicyclic) bond motifs is 8. The van der Waals surface area contributed by atoms with Gasteiger partial charge < -0.3 is 0 Å². The van der Waals surface area contributed by atoms with Gasteiger partial charge in [0, 0.05) is 71.0 Å². The summed E-state index contributed by atoms with van der Waals surface area (Å²) >= 11 is 16.5. The van der Waals surface area contributed by atoms with E-state index in [4.69, 9.17) is 0 Å². The van der Waals surface area contributed by atoms with Gasteiger partial charge in [-0.05, 0) is 436 Å². The Morgan fingerprint density at radius 2 is 0.338 bits per heavy atom. The fourth-order valence-corrected chi connectivity index (χ4v) is 42.5. The van der Waals surface area contributed by atoms with E-state index in [2.05, 4.69) is 375 Å². The molecule has 0 aliphatic heterocycles. The second-order valence-electron chi connectivity index (χ2n) is 50.5. The van der Waals surface area contributed by atoms with Gasteiger partial charge in [-0.3, -0.25) is 0 Å². The van der Waals surface area contributed by atoms with E-state index in [9.17, 15) is 0 Å². The van der Waals surface area contributed by atoms with Crippen molar-refractivity contribution >= 4 is 90.7 Å². The average molecular weight is 1960 g/mol. The molecule has 0 radical (unpaired) electrons. The van der Waals surface area contributed by atoms with Crippen LogP contribution >= 0.6 is 90.7 Å². The lowest BCUT2D eigenvalue weighted by Crippen LogP contribution is -2.26. The molecule has 0 nitrogen and oxygen atoms in total. The molecular weight excluding hydrogens is 1790 g/mol. The van der Waals surface area contributed by atoms with Crippen LogP contribution in [0.1, 0.15) is 465 Å². The summed E-state index contributed by atoms with van der Waals surface area (Å²) < 4.78 is 0. The Kier molecular flexibility index (Phi) is 23.8. The van der Waals surface area contributed by atoms with Crippen molar-refractivity contribution in [2.75, 3.05) is 0 Å². The summed E-state index contributed by atoms with van der Waals surface area (Å²) in [5, 5.41) is 4.89. The molecule has 0 unspecified atom stereocenters. The Morgan fingerprint density at radius 1 is 0.176 bits per heavy atom. The van der Waals surface area contributed by atoms with Crippen molar-refractivity contribution in [1.82, 2.24) is 0 Å². The molecular formula is C128H162S8. The van der Waals surface area contributed by atoms with Gasteiger partial charge >= 0.3 is 0 Å². The first kappa shape index (κ1) is 97.9. The fourth-order valence-electron chi connectivity index (χ4n) is 33.6. The highest BCUT2D eigenvalue weighted by atomic mass is 32.1. The molecule has 0 fully saturated rings. The molecule has 8 aliphatic rings. The van der Waals surface area contributed by atoms with E-state index in [0.717, 1.165) is 51.4 Å². The zero-order chi connectivity index (χ0) is 97.3. The minimum Gasteiger partial charge on any atom is -0.142 e. The van der Waals surface area contributed by atoms with Crippen LogP contribution in [0.4, 0.5) is 0 Å². The van der Waals surface area contributed by atoms with Crippen LogP contribution in [-0.4, -0.2) is 0 Å². The maximum atomic E-state index is 2.88. The van der Waals surface area contributed by atoms with Gasteiger partial charge in [0.15, 0.2) is 0 Å². The standard InChI is InChI=1S/C128H162S8/c1-33-121(34-2)67-113(17,18)101-79(121)63-80-102(114(19,20)68-122(80,35-3)36-4)97(101)75-57-59-129-109(75)91-53-49-87(131-91)89-51-55-93(133-89)111-77(99-105-83(125(41-9,42-10)71-117(105,25)26)65-84-106(99)118(27,28)72-126(84,43-11)44-12)61-95(135-111)96-62-78(100-107-85(127(45-13,46-14)73-119(107,29)30)66-86-108(100)120(31,32)74-128(86,47-15)48-16)112(136-96)94-56-52-90(134-94)88-50-54-92(132-88)110-76(58-60-130-110)98-103-81(123(37-5,38-6)69-115(103,21)22)64-82-104(98)116(23,24)70-124(82,39-7)40-8/h49-66H,33-48,67-74H2,1-32H3. The lowest BCUT2D eigenvalue weighted by atomic mass is 9.72. The molecule has 0 spiro atoms. The molecule has 0 atom stereocenters. The SMILES string of the molecule is CCC1(CC)CC(C)(C)c2c1cc1c(c2-c2ccsc2-c2ccc(-c3ccc(-c4sc(-c5cc(-c6c7c(cc8c6C(C)(C)CC8(CC)CC)C(CC)(CC)CC7(C)C)c(-c6ccc(-c7ccc(-c8sccc8-c8c9c(cc%10c8C(C)(C)CC%10(CC)CC)C(CC)(CC)CC9(C)C)s7)s6)s5)cc4-c4c5c(cc6c4C(C)(C)CC6(CC)CC)C(CC)(CC)CC5(C)C)s3)s2)C(C)(C)CC1(CC)CC. The average Bonchev–Trinajstić information content (AvgIpc) is 1.49. The summed E-state index contributed by atoms with van der Waals surface area (Å²) in [4.78, 5) is 19.8. The van der Waals surface area contributed by atoms with Crippen LogP contribution in [-0.2, 0) is 86.6 Å². The molecule has 12 aromatic rings. The molecule has 8 heteroatoms. The predicted octanol–water partition coefficient (Wildman–Crippen LogP) is 42.4. The van der Waals surface area contributed by atoms with Gasteiger partial charge in [0.05, 0.1) is 19.5 Å². The number of benzene rings is 4. The maximum absolute atomic E-state index is 2.88. The smallest absolute Gasteiger partial charge is 0.0528 e. The summed E-state index contributed by atoms with van der Waals surface area (Å²) in [7, 11) is 0. The predicted molar refractivity (Wildman–Crippen MR) is 608 cm³/mol. The van der Waals surface area contributed by atoms with Crippen molar-refractivity contribution in [3.05, 3.63) is 197 Å². The third-order valence-electron chi connectivity index (χ3n) is 40.3. The molecule has 20 rings (SSSR count). The summed E-state index contributed by atoms with van der Waals surface area (Å²) in [6.07, 6.45) is 28.2. The minimum absolute atomic E-state index is 0.0444. The van der Waals surface area contributed by atoms with E-state index in [0.29, 0.717) is 0 Å². The Hall–Kier alpha value is -5.52. The van der Waals surface area contributed by atoms with E-state index in [-0.39, 0.29) is 86.6 Å². The second-order valence-corrected chi connectivity index (χ2v) is 58.7. The Balaban J connectivity index is 0.799. The molecule has 8 heterocycles. The van der Waals surface area contributed by atoms with E-state index in [1.807, 2.05) is 45.3 Å². The van der Waals surface area contributed by atoms with Crippen LogP contribution in [0.15, 0.2) is 108 Å². The molecule has 0 amide bonds. The normalized spacial score (nSPS) is 21.4. The van der Waals surface area contributed by atoms with Gasteiger partial charge in [0.1, 0.15) is 0 Å². The Morgan fingerprint density at radius 3 is 0.515 bits per heavy atom. The van der Waals surface area contributed by atoms with E-state index < -0.39 is 0 Å². The van der Waals surface area contributed by atoms with Crippen molar-refractivity contribution in [3.8, 4) is 113 Å². The van der Waals surface area contributed by atoms with E-state index in [1.165, 1.54) is 193 Å². The molecule has 8 aromatic heterocycles. The molecule has 4 aromatic carbocycles. The van der Waals surface area contributed by atoms with Crippen LogP contribution in [0.3, 0.4) is 0 Å². The lowest BCUT2D eigenvalue weighted by Gasteiger charge is -2.32. The molecule has 722 valence electrons. The molecule has 0 bridgehead atoms. The van der Waals surface area contributed by atoms with Gasteiger partial charge in [0.2, 0.25) is 0 Å². The van der Waals surface area contributed by atoms with Crippen molar-refractivity contribution in [2.45, 2.75) is 462 Å². The van der Waals surface area contributed by atoms with Crippen molar-refractivity contribution in [3.63, 3.8) is 0 Å². The quantitative estimate of drug-likeness (QED) is 0.0481. The second kappa shape index (κ2) is 33.0. The zero-order valence-corrected chi connectivity index (χ0v) is 96.2. The zero-order valence-electron chi connectivity index (χ0n) is 89.6. The molecule has 136 heavy (non-hydrogen) atoms. The van der Waals surface area contributed by atoms with E-state index in [1.54, 1.807) is 111 Å². The summed E-state index contributed by atoms with van der Waals surface area (Å²) in [6, 6.07) is 42.5. The highest BCUT2D eigenvalue weighted by Gasteiger charge is 2.61. The fraction of sp³-hybridized carbons (Fsp3) is 0.562. The Labute approximate surface area is 854 Å². The van der Waals surface area contributed by atoms with Crippen LogP contribution in [0.25, 0.3) is 113 Å². The number of hydrogen-bond acceptors (Lipinski definition) is 8. The van der Waals surface area contributed by atoms with Gasteiger partial charge in [0.25, 0.3) is 0 Å². The number of thiophene rings is 8. The first-order valence-corrected chi connectivity index (χ1v) is 60.7. The number of hydrogen-bond donors (Lipinski definition) is 0. The Bertz CT molecular complexity index is 6090. The first-order valence-electron chi connectivity index (χ1n) is 54.1. The highest BCUT2D eigenvalue weighted by Crippen LogP contribution is 2.73. The molecule has 8 aliphatic carbocycles. The van der Waals surface area contributed by atoms with Crippen LogP contribution in [0, 0.1) is 0 Å². The molecule has 0 saturated carbocycles. The topological polar surface area (TPSA) is 0 Å².